The van der Waals surface area contributed by atoms with Crippen molar-refractivity contribution >= 4 is 29.5 Å². The zero-order chi connectivity index (χ0) is 19.3. The Morgan fingerprint density at radius 2 is 1.65 bits per heavy atom. The molecule has 0 fully saturated rings. The highest BCUT2D eigenvalue weighted by atomic mass is 32.2. The van der Waals surface area contributed by atoms with Crippen LogP contribution in [0.4, 0.5) is 0 Å². The van der Waals surface area contributed by atoms with Gasteiger partial charge in [-0.3, -0.25) is 4.79 Å². The van der Waals surface area contributed by atoms with Gasteiger partial charge in [0, 0.05) is 16.3 Å². The van der Waals surface area contributed by atoms with Crippen LogP contribution in [0.5, 0.6) is 0 Å². The van der Waals surface area contributed by atoms with E-state index in [2.05, 4.69) is 4.98 Å². The second-order valence-corrected chi connectivity index (χ2v) is 6.39. The standard InChI is InChI=1S/C19H21NO5S/c1-5-24-19(23)17-12(3)20-11(2)16(17)14(21)10-25-18(22)13-8-6-7-9-15(13)26-4/h6-9,20H,5,10H2,1-4H3. The van der Waals surface area contributed by atoms with E-state index in [-0.39, 0.29) is 17.7 Å². The molecule has 0 spiro atoms. The van der Waals surface area contributed by atoms with Crippen molar-refractivity contribution in [3.05, 3.63) is 52.3 Å². The number of benzene rings is 1. The first kappa shape index (κ1) is 19.8. The minimum absolute atomic E-state index is 0.190. The van der Waals surface area contributed by atoms with Gasteiger partial charge in [-0.25, -0.2) is 9.59 Å². The van der Waals surface area contributed by atoms with Gasteiger partial charge in [-0.05, 0) is 39.2 Å². The van der Waals surface area contributed by atoms with Gasteiger partial charge in [0.2, 0.25) is 5.78 Å². The van der Waals surface area contributed by atoms with Gasteiger partial charge in [0.1, 0.15) is 0 Å². The molecule has 0 saturated heterocycles. The Morgan fingerprint density at radius 1 is 1.00 bits per heavy atom. The number of thioether (sulfide) groups is 1. The molecule has 0 unspecified atom stereocenters. The second-order valence-electron chi connectivity index (χ2n) is 5.55. The smallest absolute Gasteiger partial charge is 0.340 e. The third-order valence-electron chi connectivity index (χ3n) is 3.79. The number of ether oxygens (including phenoxy) is 2. The molecule has 1 N–H and O–H groups in total. The quantitative estimate of drug-likeness (QED) is 0.452. The first-order valence-corrected chi connectivity index (χ1v) is 9.32. The first-order valence-electron chi connectivity index (χ1n) is 8.10. The van der Waals surface area contributed by atoms with E-state index in [1.807, 2.05) is 18.4 Å². The number of carbonyl (C=O) groups excluding carboxylic acids is 3. The number of carbonyl (C=O) groups is 3. The normalized spacial score (nSPS) is 10.5. The zero-order valence-electron chi connectivity index (χ0n) is 15.2. The molecule has 7 heteroatoms. The number of rotatable bonds is 7. The van der Waals surface area contributed by atoms with Gasteiger partial charge in [-0.2, -0.15) is 0 Å². The van der Waals surface area contributed by atoms with E-state index in [1.54, 1.807) is 32.9 Å². The van der Waals surface area contributed by atoms with Crippen LogP contribution in [0.1, 0.15) is 49.4 Å². The summed E-state index contributed by atoms with van der Waals surface area (Å²) in [5, 5.41) is 0. The fourth-order valence-electron chi connectivity index (χ4n) is 2.68. The van der Waals surface area contributed by atoms with Crippen molar-refractivity contribution < 1.29 is 23.9 Å². The summed E-state index contributed by atoms with van der Waals surface area (Å²) in [7, 11) is 0. The summed E-state index contributed by atoms with van der Waals surface area (Å²) < 4.78 is 10.2. The molecule has 1 aromatic carbocycles. The average molecular weight is 375 g/mol. The van der Waals surface area contributed by atoms with Crippen molar-refractivity contribution in [3.63, 3.8) is 0 Å². The van der Waals surface area contributed by atoms with Crippen LogP contribution in [0.3, 0.4) is 0 Å². The molecule has 0 atom stereocenters. The van der Waals surface area contributed by atoms with Gasteiger partial charge in [-0.15, -0.1) is 11.8 Å². The molecular weight excluding hydrogens is 354 g/mol. The van der Waals surface area contributed by atoms with Gasteiger partial charge in [0.05, 0.1) is 23.3 Å². The van der Waals surface area contributed by atoms with Gasteiger partial charge >= 0.3 is 11.9 Å². The summed E-state index contributed by atoms with van der Waals surface area (Å²) >= 11 is 1.42. The van der Waals surface area contributed by atoms with Crippen LogP contribution in [0.2, 0.25) is 0 Å². The van der Waals surface area contributed by atoms with Crippen molar-refractivity contribution in [2.75, 3.05) is 19.5 Å². The zero-order valence-corrected chi connectivity index (χ0v) is 16.0. The number of hydrogen-bond acceptors (Lipinski definition) is 6. The van der Waals surface area contributed by atoms with Crippen LogP contribution < -0.4 is 0 Å². The Kier molecular flexibility index (Phi) is 6.63. The van der Waals surface area contributed by atoms with Crippen molar-refractivity contribution in [2.24, 2.45) is 0 Å². The summed E-state index contributed by atoms with van der Waals surface area (Å²) in [5.41, 5.74) is 1.88. The van der Waals surface area contributed by atoms with Crippen LogP contribution in [0, 0.1) is 13.8 Å². The van der Waals surface area contributed by atoms with Crippen molar-refractivity contribution in [1.29, 1.82) is 0 Å². The van der Waals surface area contributed by atoms with Crippen LogP contribution in [-0.2, 0) is 9.47 Å². The third kappa shape index (κ3) is 4.16. The highest BCUT2D eigenvalue weighted by Crippen LogP contribution is 2.22. The lowest BCUT2D eigenvalue weighted by Gasteiger charge is -2.09. The summed E-state index contributed by atoms with van der Waals surface area (Å²) in [5.74, 6) is -1.60. The Hall–Kier alpha value is -2.54. The molecule has 2 rings (SSSR count). The first-order chi connectivity index (χ1) is 12.4. The molecule has 1 aromatic heterocycles. The van der Waals surface area contributed by atoms with Gasteiger partial charge < -0.3 is 14.5 Å². The Labute approximate surface area is 156 Å². The summed E-state index contributed by atoms with van der Waals surface area (Å²) in [6.45, 7) is 4.83. The number of hydrogen-bond donors (Lipinski definition) is 1. The van der Waals surface area contributed by atoms with Gasteiger partial charge in [0.15, 0.2) is 6.61 Å². The van der Waals surface area contributed by atoms with Crippen LogP contribution in [-0.4, -0.2) is 42.2 Å². The number of H-pyrrole nitrogens is 1. The number of ketones is 1. The van der Waals surface area contributed by atoms with Crippen molar-refractivity contribution in [3.8, 4) is 0 Å². The molecule has 26 heavy (non-hydrogen) atoms. The Bertz CT molecular complexity index is 840. The van der Waals surface area contributed by atoms with Crippen molar-refractivity contribution in [1.82, 2.24) is 4.98 Å². The molecule has 0 bridgehead atoms. The maximum absolute atomic E-state index is 12.6. The predicted molar refractivity (Wildman–Crippen MR) is 99.1 cm³/mol. The Morgan fingerprint density at radius 3 is 2.31 bits per heavy atom. The topological polar surface area (TPSA) is 85.5 Å². The summed E-state index contributed by atoms with van der Waals surface area (Å²) in [6, 6.07) is 7.01. The van der Waals surface area contributed by atoms with Crippen LogP contribution in [0.25, 0.3) is 0 Å². The lowest BCUT2D eigenvalue weighted by atomic mass is 10.1. The van der Waals surface area contributed by atoms with Gasteiger partial charge in [0.25, 0.3) is 0 Å². The predicted octanol–water partition coefficient (Wildman–Crippen LogP) is 3.57. The van der Waals surface area contributed by atoms with E-state index in [0.29, 0.717) is 17.0 Å². The lowest BCUT2D eigenvalue weighted by Crippen LogP contribution is -2.18. The van der Waals surface area contributed by atoms with E-state index >= 15 is 0 Å². The average Bonchev–Trinajstić information content (AvgIpc) is 2.93. The molecular formula is C19H21NO5S. The monoisotopic (exact) mass is 375 g/mol. The lowest BCUT2D eigenvalue weighted by molar-refractivity contribution is 0.0469. The van der Waals surface area contributed by atoms with E-state index < -0.39 is 24.3 Å². The number of aromatic nitrogens is 1. The molecule has 6 nitrogen and oxygen atoms in total. The molecule has 0 aliphatic rings. The number of aromatic amines is 1. The maximum atomic E-state index is 12.6. The molecule has 0 aliphatic heterocycles. The number of Topliss-reactive ketones (excluding diaryl/α,β-unsaturated/α-hetero) is 1. The highest BCUT2D eigenvalue weighted by Gasteiger charge is 2.26. The fraction of sp³-hybridized carbons (Fsp3) is 0.316. The minimum atomic E-state index is -0.578. The van der Waals surface area contributed by atoms with E-state index in [1.165, 1.54) is 11.8 Å². The van der Waals surface area contributed by atoms with Gasteiger partial charge in [-0.1, -0.05) is 12.1 Å². The molecule has 0 saturated carbocycles. The fourth-order valence-corrected chi connectivity index (χ4v) is 3.27. The number of esters is 2. The van der Waals surface area contributed by atoms with E-state index in [0.717, 1.165) is 4.90 Å². The van der Waals surface area contributed by atoms with Crippen molar-refractivity contribution in [2.45, 2.75) is 25.7 Å². The molecule has 2 aromatic rings. The largest absolute Gasteiger partial charge is 0.462 e. The molecule has 0 amide bonds. The third-order valence-corrected chi connectivity index (χ3v) is 4.59. The Balaban J connectivity index is 2.18. The van der Waals surface area contributed by atoms with E-state index in [4.69, 9.17) is 9.47 Å². The van der Waals surface area contributed by atoms with Crippen LogP contribution in [0.15, 0.2) is 29.2 Å². The summed E-state index contributed by atoms with van der Waals surface area (Å²) in [4.78, 5) is 40.8. The summed E-state index contributed by atoms with van der Waals surface area (Å²) in [6.07, 6.45) is 1.86. The number of nitrogens with one attached hydrogen (secondary N) is 1. The SMILES string of the molecule is CCOC(=O)c1c(C)[nH]c(C)c1C(=O)COC(=O)c1ccccc1SC. The molecule has 1 heterocycles. The second kappa shape index (κ2) is 8.71. The minimum Gasteiger partial charge on any atom is -0.462 e. The molecule has 0 aliphatic carbocycles. The number of aryl methyl sites for hydroxylation is 2. The highest BCUT2D eigenvalue weighted by molar-refractivity contribution is 7.98. The van der Waals surface area contributed by atoms with E-state index in [9.17, 15) is 14.4 Å². The molecule has 0 radical (unpaired) electrons. The molecule has 138 valence electrons. The maximum Gasteiger partial charge on any atom is 0.340 e. The van der Waals surface area contributed by atoms with Crippen LogP contribution >= 0.6 is 11.8 Å².